The van der Waals surface area contributed by atoms with Gasteiger partial charge in [0, 0.05) is 6.04 Å². The number of rotatable bonds is 8. The quantitative estimate of drug-likeness (QED) is 0.194. The fraction of sp³-hybridized carbons (Fsp3) is 0.515. The number of nitrogens with zero attached hydrogens (tertiary/aromatic N) is 2. The van der Waals surface area contributed by atoms with E-state index in [9.17, 15) is 16.8 Å². The zero-order valence-corrected chi connectivity index (χ0v) is 26.8. The largest absolute Gasteiger partial charge is 0.473 e. The predicted octanol–water partition coefficient (Wildman–Crippen LogP) is 9.73. The summed E-state index contributed by atoms with van der Waals surface area (Å²) in [5.41, 5.74) is 2.57. The van der Waals surface area contributed by atoms with Crippen molar-refractivity contribution in [2.75, 3.05) is 0 Å². The molecule has 3 aromatic heterocycles. The fourth-order valence-corrected chi connectivity index (χ4v) is 7.96. The van der Waals surface area contributed by atoms with Crippen molar-refractivity contribution in [2.24, 2.45) is 0 Å². The van der Waals surface area contributed by atoms with Gasteiger partial charge in [-0.1, -0.05) is 61.4 Å². The number of nitrogens with one attached hydrogen (secondary N) is 1. The Balaban J connectivity index is -0.000000597. The molecule has 1 aromatic carbocycles. The van der Waals surface area contributed by atoms with Gasteiger partial charge in [-0.2, -0.15) is 0 Å². The Labute approximate surface area is 282 Å². The van der Waals surface area contributed by atoms with Crippen LogP contribution in [0.25, 0.3) is 21.6 Å². The van der Waals surface area contributed by atoms with E-state index in [1.165, 1.54) is 11.3 Å². The molecule has 0 atom stereocenters. The van der Waals surface area contributed by atoms with Crippen molar-refractivity contribution in [3.63, 3.8) is 0 Å². The number of benzene rings is 1. The highest BCUT2D eigenvalue weighted by atomic mass is 32.2. The van der Waals surface area contributed by atoms with Gasteiger partial charge in [-0.05, 0) is 89.4 Å². The number of hydrogen-bond acceptors (Lipinski definition) is 9. The van der Waals surface area contributed by atoms with Crippen LogP contribution in [0.2, 0.25) is 0 Å². The molecule has 4 aromatic rings. The summed E-state index contributed by atoms with van der Waals surface area (Å²) < 4.78 is 53.7. The van der Waals surface area contributed by atoms with Gasteiger partial charge in [-0.15, -0.1) is 22.7 Å². The summed E-state index contributed by atoms with van der Waals surface area (Å²) in [6, 6.07) is 15.2. The van der Waals surface area contributed by atoms with E-state index in [1.54, 1.807) is 56.5 Å². The van der Waals surface area contributed by atoms with Crippen molar-refractivity contribution in [2.45, 2.75) is 118 Å². The summed E-state index contributed by atoms with van der Waals surface area (Å²) in [4.78, 5) is 10.4. The van der Waals surface area contributed by atoms with Gasteiger partial charge in [0.25, 0.3) is 0 Å². The van der Waals surface area contributed by atoms with Crippen LogP contribution in [0.1, 0.15) is 91.5 Å². The van der Waals surface area contributed by atoms with Gasteiger partial charge >= 0.3 is 0 Å². The lowest BCUT2D eigenvalue weighted by molar-refractivity contribution is 0.234. The Hall–Kier alpha value is -2.38. The Bertz CT molecular complexity index is 1560. The number of hydrogen-bond donors (Lipinski definition) is 1. The van der Waals surface area contributed by atoms with Crippen LogP contribution in [0.3, 0.4) is 0 Å². The molecule has 1 saturated carbocycles. The molecule has 0 spiro atoms. The highest BCUT2D eigenvalue weighted by Gasteiger charge is 2.37. The van der Waals surface area contributed by atoms with Crippen molar-refractivity contribution in [3.8, 4) is 16.5 Å². The molecule has 0 unspecified atom stereocenters. The number of ether oxygens (including phenoxy) is 1. The highest BCUT2D eigenvalue weighted by molar-refractivity contribution is 7.92. The van der Waals surface area contributed by atoms with Crippen LogP contribution in [-0.2, 0) is 19.9 Å². The second-order valence-electron chi connectivity index (χ2n) is 10.1. The summed E-state index contributed by atoms with van der Waals surface area (Å²) in [6.45, 7) is 11.1. The molecule has 0 amide bonds. The van der Waals surface area contributed by atoms with E-state index in [1.807, 2.05) is 55.6 Å². The van der Waals surface area contributed by atoms with E-state index >= 15 is 0 Å². The van der Waals surface area contributed by atoms with Crippen LogP contribution in [0.15, 0.2) is 63.5 Å². The van der Waals surface area contributed by atoms with E-state index in [-0.39, 0.29) is 59.8 Å². The van der Waals surface area contributed by atoms with Crippen LogP contribution in [-0.4, -0.2) is 49.4 Å². The normalized spacial score (nSPS) is 12.1. The SMILES string of the molecule is C.C.C.C.C.CC(C)NS(=O)(=O)c1cccs1.CC(C)Oc1nc2ccccc2nc1-c1cccs1.CC(C)S(=O)(=O)C1CC1. The third kappa shape index (κ3) is 13.9. The Morgan fingerprint density at radius 3 is 1.69 bits per heavy atom. The average molecular weight is 704 g/mol. The lowest BCUT2D eigenvalue weighted by Gasteiger charge is -2.12. The van der Waals surface area contributed by atoms with E-state index in [0.717, 1.165) is 34.4 Å². The first-order valence-corrected chi connectivity index (χ1v) is 17.9. The molecule has 0 saturated heterocycles. The van der Waals surface area contributed by atoms with E-state index in [4.69, 9.17) is 9.72 Å². The number of thiophene rings is 2. The molecule has 45 heavy (non-hydrogen) atoms. The van der Waals surface area contributed by atoms with E-state index in [2.05, 4.69) is 9.71 Å². The summed E-state index contributed by atoms with van der Waals surface area (Å²) in [5, 5.41) is 3.61. The summed E-state index contributed by atoms with van der Waals surface area (Å²) in [5.74, 6) is 0.608. The Morgan fingerprint density at radius 1 is 0.756 bits per heavy atom. The van der Waals surface area contributed by atoms with Crippen molar-refractivity contribution in [1.82, 2.24) is 14.7 Å². The maximum atomic E-state index is 11.4. The van der Waals surface area contributed by atoms with Crippen LogP contribution in [0.5, 0.6) is 5.88 Å². The molecule has 0 bridgehead atoms. The standard InChI is InChI=1S/C15H14N2OS.C7H11NO2S2.C6H12O2S.5CH4/c1-10(2)18-15-14(13-8-5-9-19-13)16-11-6-3-4-7-12(11)17-15;1-6(2)8-12(9,10)7-4-3-5-11-7;1-5(2)9(7,8)6-3-4-6;;;;;/h3-10H,1-2H3;3-6,8H,1-2H3;5-6H,3-4H2,1-2H3;5*1H4. The van der Waals surface area contributed by atoms with Crippen LogP contribution in [0, 0.1) is 0 Å². The molecule has 1 fully saturated rings. The summed E-state index contributed by atoms with van der Waals surface area (Å²) >= 11 is 2.86. The fourth-order valence-electron chi connectivity index (χ4n) is 3.43. The first-order chi connectivity index (χ1) is 18.8. The second kappa shape index (κ2) is 20.7. The molecule has 0 radical (unpaired) electrons. The Morgan fingerprint density at radius 2 is 1.29 bits per heavy atom. The minimum absolute atomic E-state index is 0. The minimum atomic E-state index is -3.25. The van der Waals surface area contributed by atoms with Gasteiger partial charge in [-0.3, -0.25) is 0 Å². The zero-order valence-electron chi connectivity index (χ0n) is 23.6. The maximum absolute atomic E-state index is 11.4. The molecular weight excluding hydrogens is 647 g/mol. The lowest BCUT2D eigenvalue weighted by Crippen LogP contribution is -2.29. The highest BCUT2D eigenvalue weighted by Crippen LogP contribution is 2.32. The molecule has 5 rings (SSSR count). The third-order valence-corrected chi connectivity index (χ3v) is 12.1. The second-order valence-corrected chi connectivity index (χ2v) is 16.7. The predicted molar refractivity (Wildman–Crippen MR) is 199 cm³/mol. The molecule has 1 N–H and O–H groups in total. The first-order valence-electron chi connectivity index (χ1n) is 13.1. The topological polar surface area (TPSA) is 115 Å². The Kier molecular flexibility index (Phi) is 21.6. The van der Waals surface area contributed by atoms with Crippen molar-refractivity contribution >= 4 is 53.6 Å². The molecule has 12 heteroatoms. The van der Waals surface area contributed by atoms with Crippen molar-refractivity contribution in [3.05, 3.63) is 59.3 Å². The maximum Gasteiger partial charge on any atom is 0.250 e. The third-order valence-electron chi connectivity index (χ3n) is 5.44. The van der Waals surface area contributed by atoms with Gasteiger partial charge in [0.05, 0.1) is 32.5 Å². The zero-order chi connectivity index (χ0) is 29.5. The smallest absolute Gasteiger partial charge is 0.250 e. The van der Waals surface area contributed by atoms with Gasteiger partial charge < -0.3 is 4.74 Å². The van der Waals surface area contributed by atoms with Crippen LogP contribution in [0.4, 0.5) is 0 Å². The lowest BCUT2D eigenvalue weighted by atomic mass is 10.2. The summed E-state index contributed by atoms with van der Waals surface area (Å²) in [6.07, 6.45) is 1.86. The number of aromatic nitrogens is 2. The van der Waals surface area contributed by atoms with Crippen molar-refractivity contribution < 1.29 is 21.6 Å². The van der Waals surface area contributed by atoms with Gasteiger partial charge in [0.15, 0.2) is 9.84 Å². The van der Waals surface area contributed by atoms with E-state index in [0.29, 0.717) is 10.1 Å². The van der Waals surface area contributed by atoms with Crippen molar-refractivity contribution in [1.29, 1.82) is 0 Å². The van der Waals surface area contributed by atoms with Crippen LogP contribution >= 0.6 is 22.7 Å². The number of fused-ring (bicyclic) bond motifs is 1. The first kappa shape index (κ1) is 47.0. The molecular formula is C33H57N3O5S4. The average Bonchev–Trinajstić information content (AvgIpc) is 3.34. The number of para-hydroxylation sites is 2. The molecule has 0 aliphatic heterocycles. The number of sulfonamides is 1. The minimum Gasteiger partial charge on any atom is -0.473 e. The molecule has 1 aliphatic carbocycles. The molecule has 1 aliphatic rings. The molecule has 258 valence electrons. The molecule has 8 nitrogen and oxygen atoms in total. The van der Waals surface area contributed by atoms with Gasteiger partial charge in [0.1, 0.15) is 9.90 Å². The van der Waals surface area contributed by atoms with Crippen LogP contribution < -0.4 is 9.46 Å². The van der Waals surface area contributed by atoms with Gasteiger partial charge in [0.2, 0.25) is 15.9 Å². The summed E-state index contributed by atoms with van der Waals surface area (Å²) in [7, 11) is -5.95. The monoisotopic (exact) mass is 703 g/mol. The van der Waals surface area contributed by atoms with E-state index < -0.39 is 19.9 Å². The number of sulfone groups is 1. The molecule has 3 heterocycles. The van der Waals surface area contributed by atoms with Gasteiger partial charge in [-0.25, -0.2) is 31.5 Å².